The zero-order valence-electron chi connectivity index (χ0n) is 11.3. The summed E-state index contributed by atoms with van der Waals surface area (Å²) < 4.78 is 4.47. The second kappa shape index (κ2) is 9.48. The van der Waals surface area contributed by atoms with Crippen LogP contribution in [0.5, 0.6) is 0 Å². The molecule has 0 aliphatic carbocycles. The predicted octanol–water partition coefficient (Wildman–Crippen LogP) is 0.397. The molecule has 0 saturated heterocycles. The Morgan fingerprint density at radius 2 is 2.05 bits per heavy atom. The Bertz CT molecular complexity index is 324. The smallest absolute Gasteiger partial charge is 0.326 e. The molecular formula is C11H20N2O5S. The monoisotopic (exact) mass is 292 g/mol. The molecular weight excluding hydrogens is 272 g/mol. The minimum absolute atomic E-state index is 0.201. The van der Waals surface area contributed by atoms with E-state index in [0.717, 1.165) is 0 Å². The average molecular weight is 292 g/mol. The summed E-state index contributed by atoms with van der Waals surface area (Å²) in [6.07, 6.45) is 2.19. The van der Waals surface area contributed by atoms with Crippen LogP contribution in [-0.2, 0) is 14.3 Å². The van der Waals surface area contributed by atoms with Crippen molar-refractivity contribution >= 4 is 29.7 Å². The topological polar surface area (TPSA) is 95.9 Å². The third kappa shape index (κ3) is 6.90. The van der Waals surface area contributed by atoms with Gasteiger partial charge in [0.25, 0.3) is 0 Å². The molecule has 2 amide bonds. The van der Waals surface area contributed by atoms with E-state index in [0.29, 0.717) is 12.2 Å². The van der Waals surface area contributed by atoms with Crippen molar-refractivity contribution in [2.75, 3.05) is 32.2 Å². The van der Waals surface area contributed by atoms with Gasteiger partial charge in [-0.15, -0.1) is 0 Å². The summed E-state index contributed by atoms with van der Waals surface area (Å²) in [6.45, 7) is 1.78. The number of nitrogens with zero attached hydrogens (tertiary/aromatic N) is 1. The van der Waals surface area contributed by atoms with Gasteiger partial charge < -0.3 is 20.1 Å². The van der Waals surface area contributed by atoms with Crippen LogP contribution in [0.3, 0.4) is 0 Å². The van der Waals surface area contributed by atoms with Crippen LogP contribution in [-0.4, -0.2) is 66.2 Å². The zero-order chi connectivity index (χ0) is 14.8. The Morgan fingerprint density at radius 1 is 1.42 bits per heavy atom. The Morgan fingerprint density at radius 3 is 2.47 bits per heavy atom. The summed E-state index contributed by atoms with van der Waals surface area (Å²) >= 11 is 1.50. The lowest BCUT2D eigenvalue weighted by atomic mass is 10.2. The van der Waals surface area contributed by atoms with Crippen LogP contribution in [0.25, 0.3) is 0 Å². The van der Waals surface area contributed by atoms with Gasteiger partial charge in [-0.05, 0) is 25.4 Å². The number of rotatable bonds is 8. The molecule has 0 rings (SSSR count). The quantitative estimate of drug-likeness (QED) is 0.629. The summed E-state index contributed by atoms with van der Waals surface area (Å²) in [5, 5.41) is 11.4. The molecule has 19 heavy (non-hydrogen) atoms. The first-order valence-corrected chi connectivity index (χ1v) is 7.19. The fourth-order valence-corrected chi connectivity index (χ4v) is 1.75. The minimum Gasteiger partial charge on any atom is -0.480 e. The Labute approximate surface area is 116 Å². The maximum absolute atomic E-state index is 11.8. The second-order valence-electron chi connectivity index (χ2n) is 3.71. The summed E-state index contributed by atoms with van der Waals surface area (Å²) in [5.74, 6) is -1.01. The van der Waals surface area contributed by atoms with Crippen molar-refractivity contribution in [3.05, 3.63) is 0 Å². The molecule has 2 N–H and O–H groups in total. The molecule has 0 aliphatic heterocycles. The number of thioether (sulfide) groups is 1. The number of amides is 2. The third-order valence-electron chi connectivity index (χ3n) is 2.42. The van der Waals surface area contributed by atoms with E-state index in [-0.39, 0.29) is 13.1 Å². The van der Waals surface area contributed by atoms with Gasteiger partial charge in [-0.1, -0.05) is 0 Å². The molecule has 1 unspecified atom stereocenters. The van der Waals surface area contributed by atoms with Gasteiger partial charge in [0.05, 0.1) is 7.11 Å². The normalized spacial score (nSPS) is 11.5. The van der Waals surface area contributed by atoms with Gasteiger partial charge >= 0.3 is 18.0 Å². The molecule has 8 heteroatoms. The van der Waals surface area contributed by atoms with Gasteiger partial charge in [0, 0.05) is 6.54 Å². The first kappa shape index (κ1) is 17.6. The maximum Gasteiger partial charge on any atom is 0.326 e. The number of hydrogen-bond acceptors (Lipinski definition) is 5. The van der Waals surface area contributed by atoms with Crippen LogP contribution in [0.15, 0.2) is 0 Å². The van der Waals surface area contributed by atoms with E-state index in [4.69, 9.17) is 5.11 Å². The first-order chi connectivity index (χ1) is 8.96. The van der Waals surface area contributed by atoms with E-state index in [1.54, 1.807) is 6.92 Å². The molecule has 0 saturated carbocycles. The van der Waals surface area contributed by atoms with Crippen LogP contribution in [0.4, 0.5) is 4.79 Å². The van der Waals surface area contributed by atoms with E-state index in [1.807, 2.05) is 6.26 Å². The highest BCUT2D eigenvalue weighted by molar-refractivity contribution is 7.98. The van der Waals surface area contributed by atoms with Crippen molar-refractivity contribution in [1.82, 2.24) is 10.2 Å². The van der Waals surface area contributed by atoms with Gasteiger partial charge in [0.1, 0.15) is 12.6 Å². The number of methoxy groups -OCH3 is 1. The highest BCUT2D eigenvalue weighted by Gasteiger charge is 2.23. The SMILES string of the molecule is CCN(CC(=O)OC)C(=O)NC(CCSC)C(=O)O. The van der Waals surface area contributed by atoms with Crippen molar-refractivity contribution in [1.29, 1.82) is 0 Å². The van der Waals surface area contributed by atoms with Crippen molar-refractivity contribution in [3.63, 3.8) is 0 Å². The van der Waals surface area contributed by atoms with E-state index >= 15 is 0 Å². The van der Waals surface area contributed by atoms with Crippen molar-refractivity contribution in [2.24, 2.45) is 0 Å². The van der Waals surface area contributed by atoms with Crippen molar-refractivity contribution in [2.45, 2.75) is 19.4 Å². The second-order valence-corrected chi connectivity index (χ2v) is 4.70. The number of carboxylic acids is 1. The van der Waals surface area contributed by atoms with E-state index < -0.39 is 24.0 Å². The number of nitrogens with one attached hydrogen (secondary N) is 1. The van der Waals surface area contributed by atoms with E-state index in [9.17, 15) is 14.4 Å². The van der Waals surface area contributed by atoms with E-state index in [1.165, 1.54) is 23.8 Å². The van der Waals surface area contributed by atoms with Crippen LogP contribution in [0, 0.1) is 0 Å². The lowest BCUT2D eigenvalue weighted by Gasteiger charge is -2.22. The van der Waals surface area contributed by atoms with Crippen LogP contribution in [0.2, 0.25) is 0 Å². The van der Waals surface area contributed by atoms with Gasteiger partial charge in [0.15, 0.2) is 0 Å². The number of esters is 1. The fraction of sp³-hybridized carbons (Fsp3) is 0.727. The first-order valence-electron chi connectivity index (χ1n) is 5.80. The molecule has 0 heterocycles. The summed E-state index contributed by atoms with van der Waals surface area (Å²) in [7, 11) is 1.23. The van der Waals surface area contributed by atoms with Crippen molar-refractivity contribution in [3.8, 4) is 0 Å². The van der Waals surface area contributed by atoms with Gasteiger partial charge in [-0.2, -0.15) is 11.8 Å². The Hall–Kier alpha value is -1.44. The fourth-order valence-electron chi connectivity index (χ4n) is 1.28. The van der Waals surface area contributed by atoms with Crippen LogP contribution in [0.1, 0.15) is 13.3 Å². The number of aliphatic carboxylic acids is 1. The summed E-state index contributed by atoms with van der Waals surface area (Å²) in [6, 6.07) is -1.53. The zero-order valence-corrected chi connectivity index (χ0v) is 12.2. The van der Waals surface area contributed by atoms with Gasteiger partial charge in [-0.3, -0.25) is 4.79 Å². The molecule has 0 fully saturated rings. The highest BCUT2D eigenvalue weighted by Crippen LogP contribution is 2.02. The number of urea groups is 1. The number of hydrogen-bond donors (Lipinski definition) is 2. The lowest BCUT2D eigenvalue weighted by molar-refractivity contribution is -0.141. The molecule has 110 valence electrons. The van der Waals surface area contributed by atoms with Gasteiger partial charge in [0.2, 0.25) is 0 Å². The Kier molecular flexibility index (Phi) is 8.77. The number of likely N-dealkylation sites (N-methyl/N-ethyl adjacent to an activating group) is 1. The molecule has 7 nitrogen and oxygen atoms in total. The largest absolute Gasteiger partial charge is 0.480 e. The van der Waals surface area contributed by atoms with Crippen molar-refractivity contribution < 1.29 is 24.2 Å². The molecule has 0 radical (unpaired) electrons. The molecule has 0 aromatic rings. The maximum atomic E-state index is 11.8. The number of carboxylic acid groups (broad SMARTS) is 1. The predicted molar refractivity (Wildman–Crippen MR) is 72.2 cm³/mol. The molecule has 0 bridgehead atoms. The summed E-state index contributed by atoms with van der Waals surface area (Å²) in [5.41, 5.74) is 0. The lowest BCUT2D eigenvalue weighted by Crippen LogP contribution is -2.49. The minimum atomic E-state index is -1.09. The number of carbonyl (C=O) groups is 3. The third-order valence-corrected chi connectivity index (χ3v) is 3.07. The summed E-state index contributed by atoms with van der Waals surface area (Å²) in [4.78, 5) is 35.1. The Balaban J connectivity index is 4.50. The number of carbonyl (C=O) groups excluding carboxylic acids is 2. The number of ether oxygens (including phenoxy) is 1. The van der Waals surface area contributed by atoms with Crippen LogP contribution < -0.4 is 5.32 Å². The van der Waals surface area contributed by atoms with Gasteiger partial charge in [-0.25, -0.2) is 9.59 Å². The molecule has 0 spiro atoms. The highest BCUT2D eigenvalue weighted by atomic mass is 32.2. The molecule has 0 aromatic heterocycles. The molecule has 0 aromatic carbocycles. The molecule has 0 aliphatic rings. The van der Waals surface area contributed by atoms with E-state index in [2.05, 4.69) is 10.1 Å². The molecule has 1 atom stereocenters. The average Bonchev–Trinajstić information content (AvgIpc) is 2.39. The van der Waals surface area contributed by atoms with Crippen LogP contribution >= 0.6 is 11.8 Å². The standard InChI is InChI=1S/C11H20N2O5S/c1-4-13(7-9(14)18-2)11(17)12-8(10(15)16)5-6-19-3/h8H,4-7H2,1-3H3,(H,12,17)(H,15,16).